The predicted molar refractivity (Wildman–Crippen MR) is 118 cm³/mol. The van der Waals surface area contributed by atoms with Gasteiger partial charge in [-0.2, -0.15) is 4.79 Å². The molecule has 0 saturated carbocycles. The lowest BCUT2D eigenvalue weighted by Crippen LogP contribution is -2.52. The number of hydrogen-bond acceptors (Lipinski definition) is 5. The highest BCUT2D eigenvalue weighted by molar-refractivity contribution is 6.03. The molecule has 4 aliphatic rings. The van der Waals surface area contributed by atoms with Crippen LogP contribution < -0.4 is 5.01 Å². The highest BCUT2D eigenvalue weighted by atomic mass is 16.1. The Hall–Kier alpha value is -2.73. The van der Waals surface area contributed by atoms with Gasteiger partial charge in [0.1, 0.15) is 17.7 Å². The molecular weight excluding hydrogens is 374 g/mol. The van der Waals surface area contributed by atoms with E-state index in [2.05, 4.69) is 50.3 Å². The number of aromatic nitrogens is 3. The molecule has 30 heavy (non-hydrogen) atoms. The molecule has 6 heteroatoms. The number of fused-ring (bicyclic) bond motifs is 3. The number of piperazine rings is 1. The van der Waals surface area contributed by atoms with Crippen LogP contribution in [-0.2, 0) is 19.3 Å². The predicted octanol–water partition coefficient (Wildman–Crippen LogP) is 2.96. The summed E-state index contributed by atoms with van der Waals surface area (Å²) in [5.41, 5.74) is 6.66. The van der Waals surface area contributed by atoms with Crippen LogP contribution in [0.5, 0.6) is 0 Å². The summed E-state index contributed by atoms with van der Waals surface area (Å²) < 4.78 is 0. The summed E-state index contributed by atoms with van der Waals surface area (Å²) in [4.78, 5) is 21.6. The van der Waals surface area contributed by atoms with Gasteiger partial charge in [-0.05, 0) is 55.7 Å². The van der Waals surface area contributed by atoms with Crippen molar-refractivity contribution in [1.29, 1.82) is 0 Å². The molecule has 1 fully saturated rings. The maximum absolute atomic E-state index is 12.4. The van der Waals surface area contributed by atoms with Crippen LogP contribution in [0.3, 0.4) is 0 Å². The Balaban J connectivity index is 1.35. The average Bonchev–Trinajstić information content (AvgIpc) is 3.14. The molecule has 6 nitrogen and oxygen atoms in total. The molecular formula is C24H29N5O. The lowest BCUT2D eigenvalue weighted by atomic mass is 9.93. The van der Waals surface area contributed by atoms with Gasteiger partial charge in [0.05, 0.1) is 0 Å². The zero-order valence-electron chi connectivity index (χ0n) is 17.7. The van der Waals surface area contributed by atoms with Crippen molar-refractivity contribution >= 4 is 5.78 Å². The largest absolute Gasteiger partial charge is 0.299 e. The zero-order chi connectivity index (χ0) is 20.5. The van der Waals surface area contributed by atoms with Gasteiger partial charge in [0.25, 0.3) is 0 Å². The first kappa shape index (κ1) is 19.2. The first-order chi connectivity index (χ1) is 14.7. The van der Waals surface area contributed by atoms with E-state index in [9.17, 15) is 4.79 Å². The van der Waals surface area contributed by atoms with Gasteiger partial charge in [0.15, 0.2) is 5.78 Å². The summed E-state index contributed by atoms with van der Waals surface area (Å²) in [6, 6.07) is 10.7. The quantitative estimate of drug-likeness (QED) is 0.613. The SMILES string of the molecule is CC(=O)c1c2ncnn(N3CCN(CCc4ccccc4)CC3)c-2c2c1CCCC2. The van der Waals surface area contributed by atoms with E-state index in [0.29, 0.717) is 0 Å². The van der Waals surface area contributed by atoms with Gasteiger partial charge in [0, 0.05) is 38.3 Å². The summed E-state index contributed by atoms with van der Waals surface area (Å²) in [5.74, 6) is 0.124. The molecule has 0 amide bonds. The zero-order valence-corrected chi connectivity index (χ0v) is 17.7. The topological polar surface area (TPSA) is 54.3 Å². The maximum atomic E-state index is 12.4. The fourth-order valence-corrected chi connectivity index (χ4v) is 5.05. The van der Waals surface area contributed by atoms with Crippen LogP contribution in [0, 0.1) is 0 Å². The minimum atomic E-state index is 0.124. The normalized spacial score (nSPS) is 17.3. The average molecular weight is 404 g/mol. The van der Waals surface area contributed by atoms with E-state index in [1.54, 1.807) is 13.3 Å². The number of nitrogens with zero attached hydrogens (tertiary/aromatic N) is 5. The molecule has 2 heterocycles. The van der Waals surface area contributed by atoms with E-state index >= 15 is 0 Å². The van der Waals surface area contributed by atoms with Crippen LogP contribution in [0.4, 0.5) is 0 Å². The van der Waals surface area contributed by atoms with Gasteiger partial charge in [-0.3, -0.25) is 14.7 Å². The van der Waals surface area contributed by atoms with Gasteiger partial charge in [-0.25, -0.2) is 4.98 Å². The van der Waals surface area contributed by atoms with Crippen molar-refractivity contribution < 1.29 is 4.79 Å². The van der Waals surface area contributed by atoms with Gasteiger partial charge in [-0.1, -0.05) is 30.3 Å². The molecule has 1 aromatic carbocycles. The molecule has 0 bridgehead atoms. The number of Topliss-reactive ketones (excluding diaryl/α,β-unsaturated/α-hetero) is 1. The number of carbonyl (C=O) groups excluding carboxylic acids is 1. The highest BCUT2D eigenvalue weighted by Crippen LogP contribution is 2.39. The van der Waals surface area contributed by atoms with Crippen LogP contribution in [0.25, 0.3) is 11.4 Å². The molecule has 0 spiro atoms. The van der Waals surface area contributed by atoms with Crippen molar-refractivity contribution in [3.63, 3.8) is 0 Å². The van der Waals surface area contributed by atoms with E-state index < -0.39 is 0 Å². The number of benzene rings is 1. The Morgan fingerprint density at radius 3 is 2.47 bits per heavy atom. The van der Waals surface area contributed by atoms with Gasteiger partial charge < -0.3 is 0 Å². The van der Waals surface area contributed by atoms with Crippen molar-refractivity contribution in [2.45, 2.75) is 39.0 Å². The van der Waals surface area contributed by atoms with Crippen molar-refractivity contribution in [1.82, 2.24) is 19.8 Å². The number of hydrogen-bond donors (Lipinski definition) is 0. The standard InChI is InChI=1S/C24H29N5O/c1-18(30)22-20-9-5-6-10-21(20)24-23(22)25-17-26-29(24)28-15-13-27(14-16-28)12-11-19-7-3-2-4-8-19/h2-4,7-8,17H,5-6,9-16H2,1H3. The van der Waals surface area contributed by atoms with E-state index in [1.807, 2.05) is 4.79 Å². The second-order valence-corrected chi connectivity index (χ2v) is 8.47. The van der Waals surface area contributed by atoms with Crippen molar-refractivity contribution in [3.8, 4) is 11.4 Å². The Morgan fingerprint density at radius 1 is 1.00 bits per heavy atom. The van der Waals surface area contributed by atoms with Crippen LogP contribution in [0.15, 0.2) is 36.7 Å². The summed E-state index contributed by atoms with van der Waals surface area (Å²) >= 11 is 0. The number of carbonyl (C=O) groups is 1. The maximum Gasteiger partial charge on any atom is 0.162 e. The Labute approximate surface area is 177 Å². The molecule has 0 radical (unpaired) electrons. The molecule has 1 saturated heterocycles. The monoisotopic (exact) mass is 403 g/mol. The first-order valence-electron chi connectivity index (χ1n) is 11.1. The molecule has 0 atom stereocenters. The van der Waals surface area contributed by atoms with Crippen LogP contribution in [0.1, 0.15) is 46.8 Å². The third kappa shape index (κ3) is 3.49. The minimum Gasteiger partial charge on any atom is -0.299 e. The Morgan fingerprint density at radius 2 is 1.73 bits per heavy atom. The fourth-order valence-electron chi connectivity index (χ4n) is 5.05. The molecule has 2 aliphatic heterocycles. The second-order valence-electron chi connectivity index (χ2n) is 8.47. The van der Waals surface area contributed by atoms with Crippen LogP contribution in [0.2, 0.25) is 0 Å². The number of rotatable bonds is 5. The Bertz CT molecular complexity index is 1000. The third-order valence-electron chi connectivity index (χ3n) is 6.59. The summed E-state index contributed by atoms with van der Waals surface area (Å²) in [6.45, 7) is 6.66. The van der Waals surface area contributed by atoms with Gasteiger partial charge in [0.2, 0.25) is 0 Å². The molecule has 0 aromatic heterocycles. The van der Waals surface area contributed by atoms with E-state index in [1.165, 1.54) is 23.1 Å². The summed E-state index contributed by atoms with van der Waals surface area (Å²) in [6.07, 6.45) is 7.02. The van der Waals surface area contributed by atoms with E-state index in [0.717, 1.165) is 75.4 Å². The van der Waals surface area contributed by atoms with Gasteiger partial charge in [-0.15, -0.1) is 5.10 Å². The third-order valence-corrected chi connectivity index (χ3v) is 6.59. The smallest absolute Gasteiger partial charge is 0.162 e. The Kier molecular flexibility index (Phi) is 5.25. The highest BCUT2D eigenvalue weighted by Gasteiger charge is 2.32. The molecule has 0 unspecified atom stereocenters. The second kappa shape index (κ2) is 8.19. The van der Waals surface area contributed by atoms with Crippen molar-refractivity contribution in [2.24, 2.45) is 0 Å². The lowest BCUT2D eigenvalue weighted by molar-refractivity contribution is 0.101. The van der Waals surface area contributed by atoms with Crippen LogP contribution in [-0.4, -0.2) is 58.3 Å². The lowest BCUT2D eigenvalue weighted by Gasteiger charge is -2.37. The molecule has 1 aromatic rings. The van der Waals surface area contributed by atoms with Crippen LogP contribution >= 0.6 is 0 Å². The van der Waals surface area contributed by atoms with Crippen molar-refractivity contribution in [3.05, 3.63) is 58.9 Å². The summed E-state index contributed by atoms with van der Waals surface area (Å²) in [7, 11) is 0. The fraction of sp³-hybridized carbons (Fsp3) is 0.458. The molecule has 0 N–H and O–H groups in total. The molecule has 2 aliphatic carbocycles. The first-order valence-corrected chi connectivity index (χ1v) is 11.1. The molecule has 156 valence electrons. The van der Waals surface area contributed by atoms with Crippen molar-refractivity contribution in [2.75, 3.05) is 37.7 Å². The van der Waals surface area contributed by atoms with E-state index in [4.69, 9.17) is 0 Å². The van der Waals surface area contributed by atoms with E-state index in [-0.39, 0.29) is 5.78 Å². The minimum absolute atomic E-state index is 0.124. The van der Waals surface area contributed by atoms with Gasteiger partial charge >= 0.3 is 0 Å². The summed E-state index contributed by atoms with van der Waals surface area (Å²) in [5, 5.41) is 6.95. The molecule has 5 rings (SSSR count). The number of ketones is 1.